The summed E-state index contributed by atoms with van der Waals surface area (Å²) < 4.78 is 42.4. The molecule has 0 aliphatic carbocycles. The molecule has 9 heteroatoms. The molecule has 0 aliphatic rings. The summed E-state index contributed by atoms with van der Waals surface area (Å²) in [6.45, 7) is 6.42. The van der Waals surface area contributed by atoms with E-state index in [2.05, 4.69) is 41.4 Å². The Bertz CT molecular complexity index is 1560. The van der Waals surface area contributed by atoms with Gasteiger partial charge in [0.15, 0.2) is 5.69 Å². The molecule has 5 aromatic rings. The van der Waals surface area contributed by atoms with Crippen LogP contribution < -0.4 is 5.32 Å². The number of hydrogen-bond donors (Lipinski definition) is 1. The lowest BCUT2D eigenvalue weighted by atomic mass is 9.94. The monoisotopic (exact) mass is 504 g/mol. The molecule has 5 rings (SSSR count). The molecule has 2 aromatic carbocycles. The van der Waals surface area contributed by atoms with Crippen LogP contribution in [0.3, 0.4) is 0 Å². The number of aromatic nitrogens is 5. The molecule has 1 N–H and O–H groups in total. The van der Waals surface area contributed by atoms with Gasteiger partial charge in [-0.05, 0) is 42.2 Å². The topological polar surface area (TPSA) is 60.6 Å². The van der Waals surface area contributed by atoms with Crippen LogP contribution in [-0.2, 0) is 19.8 Å². The number of benzene rings is 2. The summed E-state index contributed by atoms with van der Waals surface area (Å²) in [6.07, 6.45) is -2.69. The van der Waals surface area contributed by atoms with Crippen LogP contribution in [0, 0.1) is 6.92 Å². The van der Waals surface area contributed by atoms with E-state index in [9.17, 15) is 13.2 Å². The van der Waals surface area contributed by atoms with E-state index in [1.165, 1.54) is 10.2 Å². The van der Waals surface area contributed by atoms with Gasteiger partial charge in [0.2, 0.25) is 0 Å². The van der Waals surface area contributed by atoms with Crippen LogP contribution in [0.2, 0.25) is 0 Å². The van der Waals surface area contributed by atoms with Crippen LogP contribution in [0.1, 0.15) is 42.3 Å². The number of fused-ring (bicyclic) bond motifs is 1. The van der Waals surface area contributed by atoms with Gasteiger partial charge in [-0.25, -0.2) is 14.6 Å². The van der Waals surface area contributed by atoms with Crippen molar-refractivity contribution >= 4 is 16.9 Å². The third-order valence-electron chi connectivity index (χ3n) is 6.38. The van der Waals surface area contributed by atoms with Crippen LogP contribution >= 0.6 is 0 Å². The number of alkyl halides is 3. The largest absolute Gasteiger partial charge is 0.435 e. The van der Waals surface area contributed by atoms with E-state index in [0.717, 1.165) is 33.9 Å². The van der Waals surface area contributed by atoms with Crippen molar-refractivity contribution in [2.75, 3.05) is 5.32 Å². The minimum Gasteiger partial charge on any atom is -0.366 e. The first-order chi connectivity index (χ1) is 17.6. The number of nitrogens with zero attached hydrogens (tertiary/aromatic N) is 5. The molecular formula is C28H27F3N6. The summed E-state index contributed by atoms with van der Waals surface area (Å²) in [4.78, 5) is 9.55. The van der Waals surface area contributed by atoms with Gasteiger partial charge in [-0.2, -0.15) is 18.3 Å². The molecule has 0 fully saturated rings. The Morgan fingerprint density at radius 1 is 1.00 bits per heavy atom. The number of rotatable bonds is 6. The average molecular weight is 505 g/mol. The second-order valence-corrected chi connectivity index (χ2v) is 9.42. The van der Waals surface area contributed by atoms with E-state index in [1.807, 2.05) is 41.9 Å². The quantitative estimate of drug-likeness (QED) is 0.274. The summed E-state index contributed by atoms with van der Waals surface area (Å²) >= 11 is 0. The number of hydrogen-bond acceptors (Lipinski definition) is 4. The minimum atomic E-state index is -4.48. The van der Waals surface area contributed by atoms with Gasteiger partial charge in [0.1, 0.15) is 17.0 Å². The Hall–Kier alpha value is -4.14. The lowest BCUT2D eigenvalue weighted by Crippen LogP contribution is -2.07. The van der Waals surface area contributed by atoms with Gasteiger partial charge in [0.05, 0.1) is 17.5 Å². The zero-order valence-corrected chi connectivity index (χ0v) is 21.0. The molecule has 6 nitrogen and oxygen atoms in total. The van der Waals surface area contributed by atoms with Gasteiger partial charge in [0.25, 0.3) is 0 Å². The van der Waals surface area contributed by atoms with Gasteiger partial charge in [-0.3, -0.25) is 0 Å². The zero-order chi connectivity index (χ0) is 26.3. The fourth-order valence-electron chi connectivity index (χ4n) is 4.44. The summed E-state index contributed by atoms with van der Waals surface area (Å²) in [5.41, 5.74) is 5.95. The summed E-state index contributed by atoms with van der Waals surface area (Å²) in [5.74, 6) is 1.05. The Morgan fingerprint density at radius 3 is 2.41 bits per heavy atom. The highest BCUT2D eigenvalue weighted by Gasteiger charge is 2.34. The van der Waals surface area contributed by atoms with Gasteiger partial charge in [-0.15, -0.1) is 0 Å². The first kappa shape index (κ1) is 24.5. The lowest BCUT2D eigenvalue weighted by molar-refractivity contribution is -0.141. The van der Waals surface area contributed by atoms with E-state index in [1.54, 1.807) is 25.4 Å². The number of nitrogens with one attached hydrogen (secondary N) is 1. The van der Waals surface area contributed by atoms with E-state index < -0.39 is 11.9 Å². The van der Waals surface area contributed by atoms with Crippen LogP contribution in [0.25, 0.3) is 28.0 Å². The molecule has 0 saturated heterocycles. The minimum absolute atomic E-state index is 0.331. The molecule has 0 radical (unpaired) electrons. The first-order valence-corrected chi connectivity index (χ1v) is 12.0. The van der Waals surface area contributed by atoms with Crippen molar-refractivity contribution in [1.29, 1.82) is 0 Å². The smallest absolute Gasteiger partial charge is 0.366 e. The molecule has 37 heavy (non-hydrogen) atoms. The highest BCUT2D eigenvalue weighted by molar-refractivity contribution is 5.92. The molecular weight excluding hydrogens is 477 g/mol. The third kappa shape index (κ3) is 4.81. The second-order valence-electron chi connectivity index (χ2n) is 9.42. The van der Waals surface area contributed by atoms with Crippen LogP contribution in [-0.4, -0.2) is 24.3 Å². The molecule has 0 atom stereocenters. The highest BCUT2D eigenvalue weighted by Crippen LogP contribution is 2.34. The van der Waals surface area contributed by atoms with Crippen molar-refractivity contribution in [2.45, 2.75) is 39.4 Å². The Kier molecular flexibility index (Phi) is 6.23. The molecule has 0 aliphatic heterocycles. The van der Waals surface area contributed by atoms with Crippen molar-refractivity contribution in [3.8, 4) is 16.9 Å². The first-order valence-electron chi connectivity index (χ1n) is 12.0. The molecule has 0 bridgehead atoms. The van der Waals surface area contributed by atoms with Crippen molar-refractivity contribution < 1.29 is 13.2 Å². The number of aryl methyl sites for hydroxylation is 2. The number of anilines is 1. The molecule has 0 amide bonds. The van der Waals surface area contributed by atoms with Gasteiger partial charge in [-0.1, -0.05) is 50.2 Å². The lowest BCUT2D eigenvalue weighted by Gasteiger charge is -2.15. The van der Waals surface area contributed by atoms with E-state index >= 15 is 0 Å². The predicted molar refractivity (Wildman–Crippen MR) is 139 cm³/mol. The predicted octanol–water partition coefficient (Wildman–Crippen LogP) is 6.88. The Morgan fingerprint density at radius 2 is 1.73 bits per heavy atom. The van der Waals surface area contributed by atoms with Crippen LogP contribution in [0.4, 0.5) is 19.0 Å². The number of pyridine rings is 1. The summed E-state index contributed by atoms with van der Waals surface area (Å²) in [7, 11) is 1.96. The van der Waals surface area contributed by atoms with E-state index in [4.69, 9.17) is 4.98 Å². The molecule has 0 saturated carbocycles. The average Bonchev–Trinajstić information content (AvgIpc) is 3.45. The van der Waals surface area contributed by atoms with E-state index in [0.29, 0.717) is 29.7 Å². The van der Waals surface area contributed by atoms with Gasteiger partial charge in [0, 0.05) is 30.9 Å². The fraction of sp³-hybridized carbons (Fsp3) is 0.250. The number of halogens is 3. The molecule has 0 unspecified atom stereocenters. The maximum absolute atomic E-state index is 13.0. The summed E-state index contributed by atoms with van der Waals surface area (Å²) in [5, 5.41) is 7.12. The highest BCUT2D eigenvalue weighted by atomic mass is 19.4. The third-order valence-corrected chi connectivity index (χ3v) is 6.38. The standard InChI is InChI=1S/C28H27F3N6/c1-17(2)21-7-5-6-8-22(21)26-27-23(36(4)16-33-27)14-25(34-26)32-15-19-9-11-20(12-10-19)37-18(3)13-24(35-37)28(29,30)31/h5-14,16-17H,15H2,1-4H3,(H,32,34). The maximum Gasteiger partial charge on any atom is 0.435 e. The van der Waals surface area contributed by atoms with Crippen molar-refractivity contribution in [3.05, 3.63) is 89.5 Å². The summed E-state index contributed by atoms with van der Waals surface area (Å²) in [6, 6.07) is 18.5. The van der Waals surface area contributed by atoms with Crippen LogP contribution in [0.15, 0.2) is 67.0 Å². The van der Waals surface area contributed by atoms with Crippen molar-refractivity contribution in [3.63, 3.8) is 0 Å². The molecule has 190 valence electrons. The van der Waals surface area contributed by atoms with Crippen molar-refractivity contribution in [1.82, 2.24) is 24.3 Å². The van der Waals surface area contributed by atoms with Crippen LogP contribution in [0.5, 0.6) is 0 Å². The molecule has 3 heterocycles. The SMILES string of the molecule is Cc1cc(C(F)(F)F)nn1-c1ccc(CNc2cc3c(ncn3C)c(-c3ccccc3C(C)C)n2)cc1. The normalized spacial score (nSPS) is 12.0. The maximum atomic E-state index is 13.0. The zero-order valence-electron chi connectivity index (χ0n) is 21.0. The van der Waals surface area contributed by atoms with Gasteiger partial charge >= 0.3 is 6.18 Å². The molecule has 0 spiro atoms. The Balaban J connectivity index is 1.42. The second kappa shape index (κ2) is 9.38. The van der Waals surface area contributed by atoms with Gasteiger partial charge < -0.3 is 9.88 Å². The van der Waals surface area contributed by atoms with E-state index in [-0.39, 0.29) is 0 Å². The fourth-order valence-corrected chi connectivity index (χ4v) is 4.44. The number of imidazole rings is 1. The van der Waals surface area contributed by atoms with Crippen molar-refractivity contribution in [2.24, 2.45) is 7.05 Å². The Labute approximate surface area is 212 Å². The molecule has 3 aromatic heterocycles.